The minimum absolute atomic E-state index is 0.00999. The zero-order valence-electron chi connectivity index (χ0n) is 22.0. The molecule has 2 aliphatic carbocycles. The maximum Gasteiger partial charge on any atom is 0.416 e. The van der Waals surface area contributed by atoms with Gasteiger partial charge in [-0.1, -0.05) is 12.1 Å². The summed E-state index contributed by atoms with van der Waals surface area (Å²) < 4.78 is 58.9. The summed E-state index contributed by atoms with van der Waals surface area (Å²) in [5.41, 5.74) is 0.188. The van der Waals surface area contributed by atoms with E-state index in [0.29, 0.717) is 29.9 Å². The van der Waals surface area contributed by atoms with Gasteiger partial charge in [0.05, 0.1) is 17.5 Å². The molecule has 2 heterocycles. The molecule has 6 nitrogen and oxygen atoms in total. The Hall–Kier alpha value is -3.27. The van der Waals surface area contributed by atoms with E-state index in [2.05, 4.69) is 22.4 Å². The van der Waals surface area contributed by atoms with Crippen molar-refractivity contribution < 1.29 is 22.4 Å². The van der Waals surface area contributed by atoms with Gasteiger partial charge in [0.2, 0.25) is 0 Å². The molecule has 0 radical (unpaired) electrons. The van der Waals surface area contributed by atoms with E-state index in [4.69, 9.17) is 0 Å². The number of hydrogen-bond acceptors (Lipinski definition) is 4. The topological polar surface area (TPSA) is 63.1 Å². The highest BCUT2D eigenvalue weighted by molar-refractivity contribution is 6.10. The molecule has 0 bridgehead atoms. The van der Waals surface area contributed by atoms with Gasteiger partial charge >= 0.3 is 6.18 Å². The van der Waals surface area contributed by atoms with Crippen LogP contribution in [0.15, 0.2) is 42.7 Å². The van der Waals surface area contributed by atoms with Crippen LogP contribution in [0.2, 0.25) is 0 Å². The summed E-state index contributed by atoms with van der Waals surface area (Å²) in [5, 5.41) is 11.6. The Labute approximate surface area is 224 Å². The van der Waals surface area contributed by atoms with Gasteiger partial charge in [-0.2, -0.15) is 13.2 Å². The van der Waals surface area contributed by atoms with Crippen LogP contribution in [-0.4, -0.2) is 32.4 Å². The fourth-order valence-corrected chi connectivity index (χ4v) is 6.50. The molecular formula is C29H31F4N5O. The molecule has 1 aromatic heterocycles. The number of carbonyl (C=O) groups is 1. The second-order valence-electron chi connectivity index (χ2n) is 11.6. The Morgan fingerprint density at radius 1 is 1.15 bits per heavy atom. The number of hydrogen-bond donors (Lipinski definition) is 1. The van der Waals surface area contributed by atoms with Gasteiger partial charge in [0.1, 0.15) is 18.3 Å². The zero-order chi connectivity index (χ0) is 27.6. The highest BCUT2D eigenvalue weighted by Gasteiger charge is 2.46. The van der Waals surface area contributed by atoms with E-state index < -0.39 is 29.2 Å². The lowest BCUT2D eigenvalue weighted by atomic mass is 9.77. The van der Waals surface area contributed by atoms with Gasteiger partial charge in [-0.05, 0) is 86.4 Å². The lowest BCUT2D eigenvalue weighted by Gasteiger charge is -2.39. The molecule has 2 saturated carbocycles. The van der Waals surface area contributed by atoms with E-state index in [1.165, 1.54) is 11.0 Å². The number of amides is 1. The van der Waals surface area contributed by atoms with Crippen LogP contribution >= 0.6 is 0 Å². The molecular weight excluding hydrogens is 510 g/mol. The number of nitrogens with zero attached hydrogens (tertiary/aromatic N) is 4. The average Bonchev–Trinajstić information content (AvgIpc) is 3.58. The molecule has 206 valence electrons. The van der Waals surface area contributed by atoms with Gasteiger partial charge in [0.25, 0.3) is 5.91 Å². The van der Waals surface area contributed by atoms with Crippen LogP contribution in [0.1, 0.15) is 83.9 Å². The predicted octanol–water partition coefficient (Wildman–Crippen LogP) is 5.83. The third kappa shape index (κ3) is 4.42. The van der Waals surface area contributed by atoms with Gasteiger partial charge in [-0.15, -0.1) is 10.2 Å². The average molecular weight is 542 g/mol. The van der Waals surface area contributed by atoms with Crippen molar-refractivity contribution in [3.05, 3.63) is 76.4 Å². The first-order valence-corrected chi connectivity index (χ1v) is 13.4. The number of alkyl halides is 4. The number of anilines is 1. The molecule has 10 heteroatoms. The first-order chi connectivity index (χ1) is 18.5. The number of aromatic nitrogens is 3. The van der Waals surface area contributed by atoms with Crippen LogP contribution in [0.25, 0.3) is 0 Å². The van der Waals surface area contributed by atoms with Crippen molar-refractivity contribution in [3.8, 4) is 0 Å². The molecule has 0 unspecified atom stereocenters. The smallest absolute Gasteiger partial charge is 0.320 e. The number of carbonyl (C=O) groups excluding carboxylic acids is 1. The first kappa shape index (κ1) is 26.0. The summed E-state index contributed by atoms with van der Waals surface area (Å²) in [4.78, 5) is 15.0. The number of benzene rings is 2. The number of fused-ring (bicyclic) bond motifs is 1. The van der Waals surface area contributed by atoms with Crippen molar-refractivity contribution in [2.24, 2.45) is 7.05 Å². The Morgan fingerprint density at radius 3 is 2.56 bits per heavy atom. The lowest BCUT2D eigenvalue weighted by molar-refractivity contribution is -0.138. The molecule has 2 fully saturated rings. The van der Waals surface area contributed by atoms with Gasteiger partial charge in [-0.3, -0.25) is 4.79 Å². The summed E-state index contributed by atoms with van der Waals surface area (Å²) >= 11 is 0. The zero-order valence-corrected chi connectivity index (χ0v) is 22.0. The van der Waals surface area contributed by atoms with Crippen molar-refractivity contribution in [3.63, 3.8) is 0 Å². The summed E-state index contributed by atoms with van der Waals surface area (Å²) in [7, 11) is 1.81. The summed E-state index contributed by atoms with van der Waals surface area (Å²) in [5.74, 6) is 0.166. The minimum Gasteiger partial charge on any atom is -0.320 e. The standard InChI is InChI=1S/C29H31F4N5O/c1-27(8-4-9-27)34-15-18-11-22-23(24(12-18)29(31,32)33)16-38(25(22)39)21-6-3-5-19(13-21)28(10-7-20(30)14-28)26-36-35-17-37(26)2/h3,5-6,11-13,17,20,34H,4,7-10,14-16H2,1-2H3/t20-,28-/m1/s1. The van der Waals surface area contributed by atoms with Crippen LogP contribution in [-0.2, 0) is 31.7 Å². The lowest BCUT2D eigenvalue weighted by Crippen LogP contribution is -2.47. The number of nitrogens with one attached hydrogen (secondary N) is 1. The second kappa shape index (κ2) is 9.15. The van der Waals surface area contributed by atoms with E-state index in [9.17, 15) is 22.4 Å². The Morgan fingerprint density at radius 2 is 1.95 bits per heavy atom. The predicted molar refractivity (Wildman–Crippen MR) is 138 cm³/mol. The third-order valence-electron chi connectivity index (χ3n) is 8.89. The Bertz CT molecular complexity index is 1430. The molecule has 3 aliphatic rings. The van der Waals surface area contributed by atoms with Gasteiger partial charge in [-0.25, -0.2) is 4.39 Å². The highest BCUT2D eigenvalue weighted by atomic mass is 19.4. The van der Waals surface area contributed by atoms with Crippen molar-refractivity contribution >= 4 is 11.6 Å². The van der Waals surface area contributed by atoms with E-state index in [1.54, 1.807) is 35.2 Å². The molecule has 2 aromatic carbocycles. The maximum atomic E-state index is 14.6. The molecule has 2 atom stereocenters. The molecule has 6 rings (SSSR count). The Balaban J connectivity index is 1.36. The second-order valence-corrected chi connectivity index (χ2v) is 11.6. The number of halogens is 4. The number of rotatable bonds is 6. The largest absolute Gasteiger partial charge is 0.416 e. The van der Waals surface area contributed by atoms with Gasteiger partial charge in [0.15, 0.2) is 0 Å². The van der Waals surface area contributed by atoms with Crippen LogP contribution < -0.4 is 10.2 Å². The van der Waals surface area contributed by atoms with Crippen LogP contribution in [0.3, 0.4) is 0 Å². The molecule has 0 saturated heterocycles. The van der Waals surface area contributed by atoms with Gasteiger partial charge in [0, 0.05) is 30.4 Å². The normalized spacial score (nSPS) is 24.2. The van der Waals surface area contributed by atoms with Crippen molar-refractivity contribution in [2.75, 3.05) is 4.90 Å². The minimum atomic E-state index is -4.59. The monoisotopic (exact) mass is 541 g/mol. The summed E-state index contributed by atoms with van der Waals surface area (Å²) in [6.07, 6.45) is 0.145. The van der Waals surface area contributed by atoms with Crippen molar-refractivity contribution in [2.45, 2.75) is 81.8 Å². The third-order valence-corrected chi connectivity index (χ3v) is 8.89. The molecule has 1 N–H and O–H groups in total. The molecule has 1 amide bonds. The van der Waals surface area contributed by atoms with Crippen LogP contribution in [0.4, 0.5) is 23.2 Å². The van der Waals surface area contributed by atoms with E-state index >= 15 is 0 Å². The first-order valence-electron chi connectivity index (χ1n) is 13.4. The quantitative estimate of drug-likeness (QED) is 0.399. The van der Waals surface area contributed by atoms with E-state index in [1.807, 2.05) is 13.1 Å². The van der Waals surface area contributed by atoms with Crippen LogP contribution in [0, 0.1) is 0 Å². The molecule has 1 aliphatic heterocycles. The summed E-state index contributed by atoms with van der Waals surface area (Å²) in [6, 6.07) is 9.91. The molecule has 39 heavy (non-hydrogen) atoms. The van der Waals surface area contributed by atoms with E-state index in [0.717, 1.165) is 24.8 Å². The van der Waals surface area contributed by atoms with Crippen molar-refractivity contribution in [1.29, 1.82) is 0 Å². The van der Waals surface area contributed by atoms with Crippen molar-refractivity contribution in [1.82, 2.24) is 20.1 Å². The fraction of sp³-hybridized carbons (Fsp3) is 0.483. The molecule has 0 spiro atoms. The fourth-order valence-electron chi connectivity index (χ4n) is 6.50. The Kier molecular flexibility index (Phi) is 6.09. The number of aryl methyl sites for hydroxylation is 1. The van der Waals surface area contributed by atoms with E-state index in [-0.39, 0.29) is 36.2 Å². The molecule has 3 aromatic rings. The highest BCUT2D eigenvalue weighted by Crippen LogP contribution is 2.48. The van der Waals surface area contributed by atoms with Gasteiger partial charge < -0.3 is 14.8 Å². The summed E-state index contributed by atoms with van der Waals surface area (Å²) in [6.45, 7) is 2.15. The maximum absolute atomic E-state index is 14.6. The SMILES string of the molecule is Cn1cnnc1[C@]1(c2cccc(N3Cc4c(cc(CNC5(C)CCC5)cc4C(F)(F)F)C3=O)c2)CC[C@@H](F)C1. The van der Waals surface area contributed by atoms with Crippen LogP contribution in [0.5, 0.6) is 0 Å².